The SMILES string of the molecule is CC(C)(C)n1cnc2c(NC3CC3)ncnc21. The molecule has 1 aliphatic rings. The molecule has 0 unspecified atom stereocenters. The lowest BCUT2D eigenvalue weighted by molar-refractivity contribution is 0.406. The topological polar surface area (TPSA) is 55.6 Å². The van der Waals surface area contributed by atoms with Crippen LogP contribution in [-0.2, 0) is 5.54 Å². The lowest BCUT2D eigenvalue weighted by Crippen LogP contribution is -2.21. The molecule has 0 amide bonds. The van der Waals surface area contributed by atoms with Crippen LogP contribution in [0.1, 0.15) is 33.6 Å². The number of hydrogen-bond donors (Lipinski definition) is 1. The van der Waals surface area contributed by atoms with Crippen molar-refractivity contribution in [2.45, 2.75) is 45.2 Å². The molecule has 1 N–H and O–H groups in total. The summed E-state index contributed by atoms with van der Waals surface area (Å²) in [5.41, 5.74) is 1.75. The number of fused-ring (bicyclic) bond motifs is 1. The summed E-state index contributed by atoms with van der Waals surface area (Å²) in [7, 11) is 0. The van der Waals surface area contributed by atoms with Gasteiger partial charge in [0.1, 0.15) is 11.8 Å². The van der Waals surface area contributed by atoms with Crippen molar-refractivity contribution < 1.29 is 0 Å². The molecule has 1 fully saturated rings. The van der Waals surface area contributed by atoms with Gasteiger partial charge in [0.25, 0.3) is 0 Å². The van der Waals surface area contributed by atoms with Crippen LogP contribution in [0.25, 0.3) is 11.2 Å². The Morgan fingerprint density at radius 3 is 2.65 bits per heavy atom. The molecule has 2 aromatic rings. The first-order chi connectivity index (χ1) is 8.05. The summed E-state index contributed by atoms with van der Waals surface area (Å²) >= 11 is 0. The van der Waals surface area contributed by atoms with Crippen LogP contribution in [-0.4, -0.2) is 25.6 Å². The first kappa shape index (κ1) is 10.5. The van der Waals surface area contributed by atoms with E-state index in [1.54, 1.807) is 6.33 Å². The van der Waals surface area contributed by atoms with E-state index in [0.717, 1.165) is 17.0 Å². The molecule has 2 heterocycles. The Bertz CT molecular complexity index is 548. The Kier molecular flexibility index (Phi) is 2.11. The summed E-state index contributed by atoms with van der Waals surface area (Å²) in [6.07, 6.45) is 5.91. The molecule has 2 aromatic heterocycles. The minimum absolute atomic E-state index is 0.0139. The van der Waals surface area contributed by atoms with Gasteiger partial charge < -0.3 is 9.88 Å². The van der Waals surface area contributed by atoms with Gasteiger partial charge in [-0.3, -0.25) is 0 Å². The van der Waals surface area contributed by atoms with E-state index in [-0.39, 0.29) is 5.54 Å². The fourth-order valence-electron chi connectivity index (χ4n) is 1.85. The number of imidazole rings is 1. The molecule has 0 spiro atoms. The molecule has 0 radical (unpaired) electrons. The Labute approximate surface area is 100 Å². The highest BCUT2D eigenvalue weighted by molar-refractivity contribution is 5.83. The van der Waals surface area contributed by atoms with E-state index in [1.807, 2.05) is 6.33 Å². The van der Waals surface area contributed by atoms with Gasteiger partial charge >= 0.3 is 0 Å². The van der Waals surface area contributed by atoms with E-state index < -0.39 is 0 Å². The maximum absolute atomic E-state index is 4.44. The van der Waals surface area contributed by atoms with Gasteiger partial charge in [0.2, 0.25) is 0 Å². The second-order valence-electron chi connectivity index (χ2n) is 5.60. The normalized spacial score (nSPS) is 16.4. The molecule has 0 aromatic carbocycles. The lowest BCUT2D eigenvalue weighted by Gasteiger charge is -2.20. The second kappa shape index (κ2) is 3.42. The van der Waals surface area contributed by atoms with Gasteiger partial charge in [0.05, 0.1) is 6.33 Å². The maximum Gasteiger partial charge on any atom is 0.165 e. The predicted molar refractivity (Wildman–Crippen MR) is 67.0 cm³/mol. The first-order valence-corrected chi connectivity index (χ1v) is 6.01. The van der Waals surface area contributed by atoms with Crippen molar-refractivity contribution in [3.63, 3.8) is 0 Å². The standard InChI is InChI=1S/C12H17N5/c1-12(2,3)17-7-15-9-10(16-8-4-5-8)13-6-14-11(9)17/h6-8H,4-5H2,1-3H3,(H,13,14,16). The summed E-state index contributed by atoms with van der Waals surface area (Å²) < 4.78 is 2.09. The molecule has 0 saturated heterocycles. The van der Waals surface area contributed by atoms with Crippen molar-refractivity contribution in [1.82, 2.24) is 19.5 Å². The molecule has 1 saturated carbocycles. The molecule has 0 aliphatic heterocycles. The Morgan fingerprint density at radius 2 is 2.00 bits per heavy atom. The van der Waals surface area contributed by atoms with E-state index in [2.05, 4.69) is 45.6 Å². The molecule has 1 aliphatic carbocycles. The number of rotatable bonds is 2. The van der Waals surface area contributed by atoms with Crippen molar-refractivity contribution in [2.75, 3.05) is 5.32 Å². The fraction of sp³-hybridized carbons (Fsp3) is 0.583. The van der Waals surface area contributed by atoms with Crippen LogP contribution >= 0.6 is 0 Å². The Hall–Kier alpha value is -1.65. The summed E-state index contributed by atoms with van der Waals surface area (Å²) in [6.45, 7) is 6.43. The van der Waals surface area contributed by atoms with Crippen LogP contribution in [0.4, 0.5) is 5.82 Å². The average Bonchev–Trinajstić information content (AvgIpc) is 2.94. The first-order valence-electron chi connectivity index (χ1n) is 6.01. The zero-order valence-corrected chi connectivity index (χ0v) is 10.4. The predicted octanol–water partition coefficient (Wildman–Crippen LogP) is 2.16. The summed E-state index contributed by atoms with van der Waals surface area (Å²) in [6, 6.07) is 0.577. The minimum atomic E-state index is -0.0139. The van der Waals surface area contributed by atoms with Crippen LogP contribution in [0.5, 0.6) is 0 Å². The van der Waals surface area contributed by atoms with Crippen molar-refractivity contribution in [3.05, 3.63) is 12.7 Å². The fourth-order valence-corrected chi connectivity index (χ4v) is 1.85. The molecular weight excluding hydrogens is 214 g/mol. The van der Waals surface area contributed by atoms with Gasteiger partial charge in [-0.25, -0.2) is 15.0 Å². The third-order valence-corrected chi connectivity index (χ3v) is 2.97. The summed E-state index contributed by atoms with van der Waals surface area (Å²) in [5.74, 6) is 0.862. The van der Waals surface area contributed by atoms with E-state index in [1.165, 1.54) is 12.8 Å². The van der Waals surface area contributed by atoms with Crippen LogP contribution < -0.4 is 5.32 Å². The molecule has 0 bridgehead atoms. The Balaban J connectivity index is 2.10. The summed E-state index contributed by atoms with van der Waals surface area (Å²) in [5, 5.41) is 3.40. The number of anilines is 1. The second-order valence-corrected chi connectivity index (χ2v) is 5.60. The van der Waals surface area contributed by atoms with Crippen molar-refractivity contribution in [2.24, 2.45) is 0 Å². The van der Waals surface area contributed by atoms with Crippen molar-refractivity contribution >= 4 is 17.0 Å². The van der Waals surface area contributed by atoms with Gasteiger partial charge in [-0.15, -0.1) is 0 Å². The lowest BCUT2D eigenvalue weighted by atomic mass is 10.1. The molecule has 0 atom stereocenters. The number of nitrogens with zero attached hydrogens (tertiary/aromatic N) is 4. The van der Waals surface area contributed by atoms with Crippen molar-refractivity contribution in [1.29, 1.82) is 0 Å². The zero-order chi connectivity index (χ0) is 12.0. The molecule has 90 valence electrons. The van der Waals surface area contributed by atoms with Gasteiger partial charge in [-0.1, -0.05) is 0 Å². The highest BCUT2D eigenvalue weighted by Crippen LogP contribution is 2.28. The highest BCUT2D eigenvalue weighted by Gasteiger charge is 2.24. The van der Waals surface area contributed by atoms with E-state index in [0.29, 0.717) is 6.04 Å². The molecule has 3 rings (SSSR count). The molecular formula is C12H17N5. The number of nitrogens with one attached hydrogen (secondary N) is 1. The minimum Gasteiger partial charge on any atom is -0.365 e. The van der Waals surface area contributed by atoms with Gasteiger partial charge in [-0.05, 0) is 33.6 Å². The smallest absolute Gasteiger partial charge is 0.165 e. The largest absolute Gasteiger partial charge is 0.365 e. The van der Waals surface area contributed by atoms with Crippen LogP contribution in [0.3, 0.4) is 0 Å². The quantitative estimate of drug-likeness (QED) is 0.860. The third-order valence-electron chi connectivity index (χ3n) is 2.97. The highest BCUT2D eigenvalue weighted by atomic mass is 15.2. The monoisotopic (exact) mass is 231 g/mol. The van der Waals surface area contributed by atoms with E-state index >= 15 is 0 Å². The third kappa shape index (κ3) is 1.85. The van der Waals surface area contributed by atoms with E-state index in [4.69, 9.17) is 0 Å². The van der Waals surface area contributed by atoms with Gasteiger partial charge in [0, 0.05) is 11.6 Å². The average molecular weight is 231 g/mol. The van der Waals surface area contributed by atoms with Crippen molar-refractivity contribution in [3.8, 4) is 0 Å². The number of aromatic nitrogens is 4. The molecule has 17 heavy (non-hydrogen) atoms. The van der Waals surface area contributed by atoms with Gasteiger partial charge in [0.15, 0.2) is 11.5 Å². The summed E-state index contributed by atoms with van der Waals surface area (Å²) in [4.78, 5) is 13.1. The van der Waals surface area contributed by atoms with Gasteiger partial charge in [-0.2, -0.15) is 0 Å². The van der Waals surface area contributed by atoms with Crippen LogP contribution in [0, 0.1) is 0 Å². The van der Waals surface area contributed by atoms with Crippen LogP contribution in [0.15, 0.2) is 12.7 Å². The van der Waals surface area contributed by atoms with E-state index in [9.17, 15) is 0 Å². The number of hydrogen-bond acceptors (Lipinski definition) is 4. The maximum atomic E-state index is 4.44. The molecule has 5 heteroatoms. The zero-order valence-electron chi connectivity index (χ0n) is 10.4. The van der Waals surface area contributed by atoms with Crippen LogP contribution in [0.2, 0.25) is 0 Å². The molecule has 5 nitrogen and oxygen atoms in total. The Morgan fingerprint density at radius 1 is 1.24 bits per heavy atom.